The number of nitrogens with one attached hydrogen (secondary N) is 1. The van der Waals surface area contributed by atoms with Crippen LogP contribution in [0, 0.1) is 6.92 Å². The molecule has 0 fully saturated rings. The van der Waals surface area contributed by atoms with Crippen molar-refractivity contribution in [2.24, 2.45) is 0 Å². The number of aromatic nitrogens is 2. The van der Waals surface area contributed by atoms with Crippen molar-refractivity contribution in [3.63, 3.8) is 0 Å². The van der Waals surface area contributed by atoms with Crippen molar-refractivity contribution in [2.45, 2.75) is 18.2 Å². The largest absolute Gasteiger partial charge is 0.385 e. The fourth-order valence-electron chi connectivity index (χ4n) is 2.05. The number of anilines is 1. The van der Waals surface area contributed by atoms with Gasteiger partial charge in [0, 0.05) is 31.4 Å². The van der Waals surface area contributed by atoms with Gasteiger partial charge in [-0.2, -0.15) is 0 Å². The molecule has 0 unspecified atom stereocenters. The molecule has 0 radical (unpaired) electrons. The van der Waals surface area contributed by atoms with Gasteiger partial charge in [0.1, 0.15) is 0 Å². The summed E-state index contributed by atoms with van der Waals surface area (Å²) in [7, 11) is 1.72. The first-order valence-electron chi connectivity index (χ1n) is 6.68. The maximum Gasteiger partial charge on any atom is 0.207 e. The van der Waals surface area contributed by atoms with Crippen LogP contribution in [0.1, 0.15) is 12.1 Å². The number of rotatable bonds is 7. The maximum absolute atomic E-state index is 5.07. The molecular formula is C15H21N3OS. The second kappa shape index (κ2) is 7.36. The van der Waals surface area contributed by atoms with Crippen molar-refractivity contribution in [1.82, 2.24) is 9.55 Å². The first-order chi connectivity index (χ1) is 9.76. The summed E-state index contributed by atoms with van der Waals surface area (Å²) in [6.45, 7) is 3.62. The van der Waals surface area contributed by atoms with Gasteiger partial charge in [-0.1, -0.05) is 12.1 Å². The van der Waals surface area contributed by atoms with Crippen LogP contribution in [0.3, 0.4) is 0 Å². The van der Waals surface area contributed by atoms with E-state index >= 15 is 0 Å². The lowest BCUT2D eigenvalue weighted by atomic mass is 10.3. The van der Waals surface area contributed by atoms with E-state index in [2.05, 4.69) is 51.6 Å². The molecule has 0 atom stereocenters. The molecule has 2 aromatic rings. The van der Waals surface area contributed by atoms with Gasteiger partial charge < -0.3 is 10.1 Å². The first kappa shape index (κ1) is 14.9. The highest BCUT2D eigenvalue weighted by Gasteiger charge is 2.10. The quantitative estimate of drug-likeness (QED) is 0.627. The molecule has 108 valence electrons. The Hall–Kier alpha value is -1.46. The third-order valence-electron chi connectivity index (χ3n) is 2.98. The molecule has 4 nitrogen and oxygen atoms in total. The topological polar surface area (TPSA) is 39.1 Å². The van der Waals surface area contributed by atoms with Crippen molar-refractivity contribution >= 4 is 17.7 Å². The van der Waals surface area contributed by atoms with Gasteiger partial charge in [0.05, 0.1) is 11.4 Å². The van der Waals surface area contributed by atoms with E-state index in [1.54, 1.807) is 18.9 Å². The summed E-state index contributed by atoms with van der Waals surface area (Å²) in [6, 6.07) is 8.36. The summed E-state index contributed by atoms with van der Waals surface area (Å²) < 4.78 is 7.18. The van der Waals surface area contributed by atoms with Crippen LogP contribution in [0.25, 0.3) is 5.69 Å². The molecule has 0 saturated heterocycles. The van der Waals surface area contributed by atoms with Crippen LogP contribution in [-0.4, -0.2) is 36.1 Å². The molecule has 1 aromatic carbocycles. The van der Waals surface area contributed by atoms with E-state index in [0.29, 0.717) is 0 Å². The molecule has 0 aliphatic rings. The Kier molecular flexibility index (Phi) is 5.49. The van der Waals surface area contributed by atoms with Crippen molar-refractivity contribution in [2.75, 3.05) is 31.8 Å². The van der Waals surface area contributed by atoms with E-state index in [4.69, 9.17) is 4.74 Å². The zero-order valence-corrected chi connectivity index (χ0v) is 13.0. The van der Waals surface area contributed by atoms with Crippen LogP contribution in [-0.2, 0) is 4.74 Å². The molecule has 0 aliphatic heterocycles. The second-order valence-corrected chi connectivity index (χ2v) is 5.37. The number of nitrogens with zero attached hydrogens (tertiary/aromatic N) is 2. The van der Waals surface area contributed by atoms with Crippen LogP contribution in [0.5, 0.6) is 0 Å². The van der Waals surface area contributed by atoms with E-state index in [0.717, 1.165) is 36.9 Å². The Morgan fingerprint density at radius 3 is 2.90 bits per heavy atom. The number of para-hydroxylation sites is 1. The van der Waals surface area contributed by atoms with E-state index < -0.39 is 0 Å². The van der Waals surface area contributed by atoms with Gasteiger partial charge in [-0.05, 0) is 31.7 Å². The Morgan fingerprint density at radius 1 is 1.35 bits per heavy atom. The normalized spacial score (nSPS) is 10.8. The number of benzene rings is 1. The minimum atomic E-state index is 0.758. The highest BCUT2D eigenvalue weighted by molar-refractivity contribution is 7.98. The number of thioether (sulfide) groups is 1. The summed E-state index contributed by atoms with van der Waals surface area (Å²) in [5.41, 5.74) is 2.17. The smallest absolute Gasteiger partial charge is 0.207 e. The summed E-state index contributed by atoms with van der Waals surface area (Å²) in [6.07, 6.45) is 5.12. The van der Waals surface area contributed by atoms with Crippen molar-refractivity contribution in [1.29, 1.82) is 0 Å². The molecule has 0 spiro atoms. The molecular weight excluding hydrogens is 270 g/mol. The highest BCUT2D eigenvalue weighted by Crippen LogP contribution is 2.26. The second-order valence-electron chi connectivity index (χ2n) is 4.52. The molecule has 0 aliphatic carbocycles. The summed E-state index contributed by atoms with van der Waals surface area (Å²) in [4.78, 5) is 5.80. The number of ether oxygens (including phenoxy) is 1. The van der Waals surface area contributed by atoms with Gasteiger partial charge in [-0.25, -0.2) is 4.98 Å². The molecule has 1 aromatic heterocycles. The Labute approximate surface area is 124 Å². The van der Waals surface area contributed by atoms with Crippen LogP contribution < -0.4 is 5.32 Å². The maximum atomic E-state index is 5.07. The summed E-state index contributed by atoms with van der Waals surface area (Å²) >= 11 is 1.74. The average molecular weight is 291 g/mol. The van der Waals surface area contributed by atoms with Crippen LogP contribution in [0.15, 0.2) is 35.4 Å². The number of hydrogen-bond donors (Lipinski definition) is 1. The van der Waals surface area contributed by atoms with Gasteiger partial charge in [0.2, 0.25) is 5.95 Å². The Bertz CT molecular complexity index is 554. The fourth-order valence-corrected chi connectivity index (χ4v) is 2.64. The zero-order chi connectivity index (χ0) is 14.4. The first-order valence-corrected chi connectivity index (χ1v) is 7.91. The summed E-state index contributed by atoms with van der Waals surface area (Å²) in [5, 5.41) is 3.38. The van der Waals surface area contributed by atoms with E-state index in [1.165, 1.54) is 4.90 Å². The standard InChI is InChI=1S/C15H21N3OS/c1-12-11-18(13-7-4-5-8-14(13)20-3)15(17-12)16-9-6-10-19-2/h4-5,7-8,11H,6,9-10H2,1-3H3,(H,16,17). The van der Waals surface area contributed by atoms with Crippen LogP contribution >= 0.6 is 11.8 Å². The van der Waals surface area contributed by atoms with Gasteiger partial charge in [0.15, 0.2) is 0 Å². The molecule has 0 saturated carbocycles. The van der Waals surface area contributed by atoms with Crippen molar-refractivity contribution in [3.05, 3.63) is 36.2 Å². The third-order valence-corrected chi connectivity index (χ3v) is 3.76. The molecule has 0 amide bonds. The molecule has 0 bridgehead atoms. The predicted molar refractivity (Wildman–Crippen MR) is 85.1 cm³/mol. The lowest BCUT2D eigenvalue weighted by Gasteiger charge is -2.12. The van der Waals surface area contributed by atoms with Crippen LogP contribution in [0.2, 0.25) is 0 Å². The lowest BCUT2D eigenvalue weighted by Crippen LogP contribution is -2.09. The number of imidazole rings is 1. The fraction of sp³-hybridized carbons (Fsp3) is 0.400. The SMILES string of the molecule is COCCCNc1nc(C)cn1-c1ccccc1SC. The monoisotopic (exact) mass is 291 g/mol. The molecule has 1 N–H and O–H groups in total. The molecule has 1 heterocycles. The lowest BCUT2D eigenvalue weighted by molar-refractivity contribution is 0.197. The minimum Gasteiger partial charge on any atom is -0.385 e. The van der Waals surface area contributed by atoms with Crippen LogP contribution in [0.4, 0.5) is 5.95 Å². The average Bonchev–Trinajstić information content (AvgIpc) is 2.84. The van der Waals surface area contributed by atoms with E-state index in [-0.39, 0.29) is 0 Å². The molecule has 20 heavy (non-hydrogen) atoms. The Balaban J connectivity index is 2.22. The molecule has 2 rings (SSSR count). The molecule has 5 heteroatoms. The number of aryl methyl sites for hydroxylation is 1. The Morgan fingerprint density at radius 2 is 2.15 bits per heavy atom. The van der Waals surface area contributed by atoms with Crippen molar-refractivity contribution in [3.8, 4) is 5.69 Å². The van der Waals surface area contributed by atoms with Gasteiger partial charge in [0.25, 0.3) is 0 Å². The zero-order valence-electron chi connectivity index (χ0n) is 12.2. The number of hydrogen-bond acceptors (Lipinski definition) is 4. The van der Waals surface area contributed by atoms with Gasteiger partial charge >= 0.3 is 0 Å². The third kappa shape index (κ3) is 3.55. The van der Waals surface area contributed by atoms with Crippen molar-refractivity contribution < 1.29 is 4.74 Å². The summed E-state index contributed by atoms with van der Waals surface area (Å²) in [5.74, 6) is 0.889. The predicted octanol–water partition coefficient (Wildman–Crippen LogP) is 3.35. The van der Waals surface area contributed by atoms with Gasteiger partial charge in [-0.15, -0.1) is 11.8 Å². The highest BCUT2D eigenvalue weighted by atomic mass is 32.2. The van der Waals surface area contributed by atoms with E-state index in [1.807, 2.05) is 6.92 Å². The minimum absolute atomic E-state index is 0.758. The van der Waals surface area contributed by atoms with Gasteiger partial charge in [-0.3, -0.25) is 4.57 Å². The number of methoxy groups -OCH3 is 1. The van der Waals surface area contributed by atoms with E-state index in [9.17, 15) is 0 Å².